The van der Waals surface area contributed by atoms with Crippen LogP contribution in [0.4, 0.5) is 0 Å². The van der Waals surface area contributed by atoms with Crippen molar-refractivity contribution in [1.29, 1.82) is 0 Å². The molecule has 0 saturated heterocycles. The number of hydrogen-bond acceptors (Lipinski definition) is 5. The molecule has 0 aliphatic heterocycles. The van der Waals surface area contributed by atoms with Gasteiger partial charge in [-0.15, -0.1) is 0 Å². The van der Waals surface area contributed by atoms with Gasteiger partial charge in [-0.05, 0) is 41.7 Å². The Labute approximate surface area is 196 Å². The summed E-state index contributed by atoms with van der Waals surface area (Å²) in [5.74, 6) is 0.982. The molecule has 0 bridgehead atoms. The number of hydrogen-bond donors (Lipinski definition) is 0. The minimum atomic E-state index is -0.608. The molecule has 170 valence electrons. The monoisotopic (exact) mass is 442 g/mol. The van der Waals surface area contributed by atoms with Gasteiger partial charge in [0.15, 0.2) is 0 Å². The number of esters is 1. The van der Waals surface area contributed by atoms with Crippen LogP contribution in [0.25, 0.3) is 0 Å². The number of ether oxygens (including phenoxy) is 2. The highest BCUT2D eigenvalue weighted by Crippen LogP contribution is 2.38. The van der Waals surface area contributed by atoms with E-state index in [0.29, 0.717) is 11.4 Å². The summed E-state index contributed by atoms with van der Waals surface area (Å²) in [5, 5.41) is 0. The maximum atomic E-state index is 12.9. The van der Waals surface area contributed by atoms with E-state index in [0.717, 1.165) is 17.1 Å². The van der Waals surface area contributed by atoms with Crippen molar-refractivity contribution in [2.24, 2.45) is 5.92 Å². The Morgan fingerprint density at radius 1 is 0.939 bits per heavy atom. The second-order valence-corrected chi connectivity index (χ2v) is 9.24. The maximum absolute atomic E-state index is 12.9. The summed E-state index contributed by atoms with van der Waals surface area (Å²) in [6, 6.07) is 17.5. The molecule has 3 atom stereocenters. The number of para-hydroxylation sites is 1. The number of rotatable bonds is 7. The van der Waals surface area contributed by atoms with Crippen molar-refractivity contribution in [3.05, 3.63) is 83.9 Å². The highest BCUT2D eigenvalue weighted by molar-refractivity contribution is 5.79. The minimum Gasteiger partial charge on any atom is -0.457 e. The van der Waals surface area contributed by atoms with Gasteiger partial charge >= 0.3 is 5.97 Å². The lowest BCUT2D eigenvalue weighted by Gasteiger charge is -2.27. The number of benzene rings is 2. The molecular weight excluding hydrogens is 412 g/mol. The smallest absolute Gasteiger partial charge is 0.327 e. The summed E-state index contributed by atoms with van der Waals surface area (Å²) in [7, 11) is 0. The average Bonchev–Trinajstić information content (AvgIpc) is 2.79. The van der Waals surface area contributed by atoms with Crippen LogP contribution in [0, 0.1) is 18.4 Å². The molecule has 0 radical (unpaired) electrons. The van der Waals surface area contributed by atoms with Gasteiger partial charge in [0.05, 0.1) is 5.92 Å². The summed E-state index contributed by atoms with van der Waals surface area (Å²) < 4.78 is 11.0. The van der Waals surface area contributed by atoms with Gasteiger partial charge in [-0.25, -0.2) is 9.97 Å². The summed E-state index contributed by atoms with van der Waals surface area (Å²) in [6.45, 7) is 10.2. The second-order valence-electron chi connectivity index (χ2n) is 9.24. The molecular formula is C28H30N2O3. The molecule has 5 nitrogen and oxygen atoms in total. The van der Waals surface area contributed by atoms with Crippen LogP contribution in [0.3, 0.4) is 0 Å². The number of aromatic nitrogens is 2. The van der Waals surface area contributed by atoms with E-state index in [-0.39, 0.29) is 17.3 Å². The molecule has 3 rings (SSSR count). The molecule has 0 saturated carbocycles. The summed E-state index contributed by atoms with van der Waals surface area (Å²) in [5.41, 5.74) is 1.53. The van der Waals surface area contributed by atoms with E-state index in [1.54, 1.807) is 12.4 Å². The van der Waals surface area contributed by atoms with E-state index < -0.39 is 11.9 Å². The van der Waals surface area contributed by atoms with Crippen LogP contribution in [0.5, 0.6) is 11.5 Å². The lowest BCUT2D eigenvalue weighted by molar-refractivity contribution is -0.140. The third-order valence-electron chi connectivity index (χ3n) is 5.79. The van der Waals surface area contributed by atoms with Crippen LogP contribution in [-0.2, 0) is 14.9 Å². The Bertz CT molecular complexity index is 1110. The van der Waals surface area contributed by atoms with Gasteiger partial charge in [-0.1, -0.05) is 71.4 Å². The zero-order chi connectivity index (χ0) is 24.0. The molecule has 0 N–H and O–H groups in total. The van der Waals surface area contributed by atoms with Gasteiger partial charge < -0.3 is 9.47 Å². The van der Waals surface area contributed by atoms with E-state index in [1.807, 2.05) is 88.4 Å². The molecule has 5 heteroatoms. The van der Waals surface area contributed by atoms with E-state index in [2.05, 4.69) is 16.9 Å². The Hall–Kier alpha value is -3.65. The molecule has 33 heavy (non-hydrogen) atoms. The molecule has 2 aromatic carbocycles. The van der Waals surface area contributed by atoms with Gasteiger partial charge in [0.1, 0.15) is 23.4 Å². The fraction of sp³-hybridized carbons (Fsp3) is 0.321. The van der Waals surface area contributed by atoms with Crippen LogP contribution >= 0.6 is 0 Å². The normalized spacial score (nSPS) is 13.9. The first kappa shape index (κ1) is 24.0. The molecule has 1 aromatic heterocycles. The summed E-state index contributed by atoms with van der Waals surface area (Å²) >= 11 is 0. The molecule has 0 aliphatic rings. The molecule has 3 unspecified atom stereocenters. The standard InChI is InChI=1S/C28H30N2O3/c1-7-32-26(31)25(22-17-29-27(30-18-22)28(4,5)6)20(3)19(2)21-12-11-15-24(16-21)33-23-13-9-8-10-14-23/h1,8-20,25H,2-6H3. The fourth-order valence-corrected chi connectivity index (χ4v) is 3.74. The zero-order valence-electron chi connectivity index (χ0n) is 19.8. The Kier molecular flexibility index (Phi) is 7.50. The lowest BCUT2D eigenvalue weighted by Crippen LogP contribution is -2.26. The van der Waals surface area contributed by atoms with Gasteiger partial charge in [0.2, 0.25) is 0 Å². The van der Waals surface area contributed by atoms with Crippen molar-refractivity contribution in [3.8, 4) is 24.0 Å². The van der Waals surface area contributed by atoms with Crippen molar-refractivity contribution in [1.82, 2.24) is 9.97 Å². The summed E-state index contributed by atoms with van der Waals surface area (Å²) in [4.78, 5) is 21.9. The van der Waals surface area contributed by atoms with E-state index in [4.69, 9.17) is 15.9 Å². The predicted molar refractivity (Wildman–Crippen MR) is 129 cm³/mol. The van der Waals surface area contributed by atoms with E-state index in [1.165, 1.54) is 0 Å². The van der Waals surface area contributed by atoms with Crippen molar-refractivity contribution >= 4 is 5.97 Å². The quantitative estimate of drug-likeness (QED) is 0.321. The molecule has 0 amide bonds. The number of carbonyl (C=O) groups excluding carboxylic acids is 1. The van der Waals surface area contributed by atoms with Gasteiger partial charge in [-0.2, -0.15) is 0 Å². The first-order valence-corrected chi connectivity index (χ1v) is 11.0. The first-order valence-electron chi connectivity index (χ1n) is 11.0. The minimum absolute atomic E-state index is 0.00180. The maximum Gasteiger partial charge on any atom is 0.327 e. The highest BCUT2D eigenvalue weighted by Gasteiger charge is 2.33. The summed E-state index contributed by atoms with van der Waals surface area (Å²) in [6.07, 6.45) is 10.7. The highest BCUT2D eigenvalue weighted by atomic mass is 16.5. The Morgan fingerprint density at radius 2 is 1.58 bits per heavy atom. The van der Waals surface area contributed by atoms with Crippen molar-refractivity contribution in [3.63, 3.8) is 0 Å². The molecule has 0 fully saturated rings. The van der Waals surface area contributed by atoms with Gasteiger partial charge in [0.25, 0.3) is 0 Å². The predicted octanol–water partition coefficient (Wildman–Crippen LogP) is 6.22. The largest absolute Gasteiger partial charge is 0.457 e. The van der Waals surface area contributed by atoms with Crippen molar-refractivity contribution in [2.75, 3.05) is 0 Å². The Balaban J connectivity index is 1.88. The fourth-order valence-electron chi connectivity index (χ4n) is 3.74. The van der Waals surface area contributed by atoms with Gasteiger partial charge in [0, 0.05) is 23.4 Å². The topological polar surface area (TPSA) is 61.3 Å². The van der Waals surface area contributed by atoms with Crippen molar-refractivity contribution < 1.29 is 14.3 Å². The molecule has 3 aromatic rings. The Morgan fingerprint density at radius 3 is 2.18 bits per heavy atom. The van der Waals surface area contributed by atoms with Gasteiger partial charge in [-0.3, -0.25) is 4.79 Å². The third-order valence-corrected chi connectivity index (χ3v) is 5.79. The molecule has 0 aliphatic carbocycles. The number of carbonyl (C=O) groups is 1. The van der Waals surface area contributed by atoms with Crippen LogP contribution in [0.1, 0.15) is 63.4 Å². The number of nitrogens with zero attached hydrogens (tertiary/aromatic N) is 2. The van der Waals surface area contributed by atoms with E-state index >= 15 is 0 Å². The van der Waals surface area contributed by atoms with E-state index in [9.17, 15) is 4.79 Å². The van der Waals surface area contributed by atoms with Crippen LogP contribution < -0.4 is 4.74 Å². The third kappa shape index (κ3) is 5.98. The van der Waals surface area contributed by atoms with Crippen LogP contribution in [-0.4, -0.2) is 15.9 Å². The molecule has 1 heterocycles. The van der Waals surface area contributed by atoms with Crippen molar-refractivity contribution in [2.45, 2.75) is 51.9 Å². The average molecular weight is 443 g/mol. The SMILES string of the molecule is C#COC(=O)C(c1cnc(C(C)(C)C)nc1)C(C)C(C)c1cccc(Oc2ccccc2)c1. The lowest BCUT2D eigenvalue weighted by atomic mass is 9.77. The van der Waals surface area contributed by atoms with Crippen LogP contribution in [0.2, 0.25) is 0 Å². The first-order chi connectivity index (χ1) is 15.7. The van der Waals surface area contributed by atoms with Crippen LogP contribution in [0.15, 0.2) is 67.0 Å². The zero-order valence-corrected chi connectivity index (χ0v) is 19.8. The number of terminal acetylenes is 1. The second kappa shape index (κ2) is 10.3. The molecule has 0 spiro atoms.